The minimum Gasteiger partial charge on any atom is -0.491 e. The van der Waals surface area contributed by atoms with E-state index in [1.807, 2.05) is 68.4 Å². The molecular weight excluding hydrogens is 607 g/mol. The van der Waals surface area contributed by atoms with E-state index in [0.29, 0.717) is 47.7 Å². The Labute approximate surface area is 263 Å². The number of esters is 1. The molecule has 7 nitrogen and oxygen atoms in total. The summed E-state index contributed by atoms with van der Waals surface area (Å²) >= 11 is 14.2. The summed E-state index contributed by atoms with van der Waals surface area (Å²) in [5.41, 5.74) is 2.56. The Morgan fingerprint density at radius 1 is 1.09 bits per heavy atom. The number of nitrogens with zero attached hydrogens (tertiary/aromatic N) is 2. The number of carbonyl (C=O) groups is 1. The highest BCUT2D eigenvalue weighted by atomic mass is 35.5. The largest absolute Gasteiger partial charge is 0.491 e. The summed E-state index contributed by atoms with van der Waals surface area (Å²) in [6.07, 6.45) is 1.56. The van der Waals surface area contributed by atoms with Gasteiger partial charge in [-0.3, -0.25) is 9.36 Å². The second-order valence-electron chi connectivity index (χ2n) is 10.1. The summed E-state index contributed by atoms with van der Waals surface area (Å²) in [7, 11) is 0. The second kappa shape index (κ2) is 13.2. The van der Waals surface area contributed by atoms with Crippen LogP contribution in [0.3, 0.4) is 0 Å². The van der Waals surface area contributed by atoms with Crippen molar-refractivity contribution in [1.82, 2.24) is 4.57 Å². The van der Waals surface area contributed by atoms with Gasteiger partial charge in [0, 0.05) is 16.1 Å². The molecule has 0 aliphatic carbocycles. The van der Waals surface area contributed by atoms with E-state index >= 15 is 0 Å². The Balaban J connectivity index is 1.69. The van der Waals surface area contributed by atoms with Gasteiger partial charge in [-0.05, 0) is 57.5 Å². The monoisotopic (exact) mass is 636 g/mol. The highest BCUT2D eigenvalue weighted by Crippen LogP contribution is 2.37. The SMILES string of the molecule is CCOC(=O)C1=C(C)N=c2s/c(=C\c3cc(Cl)cc(Cl)c3OCc3ccccc3)c(=O)n2[C@@H]1c1ccccc1OC(C)C. The highest BCUT2D eigenvalue weighted by molar-refractivity contribution is 7.07. The maximum absolute atomic E-state index is 14.2. The zero-order valence-electron chi connectivity index (χ0n) is 24.1. The maximum Gasteiger partial charge on any atom is 0.338 e. The summed E-state index contributed by atoms with van der Waals surface area (Å²) < 4.78 is 19.6. The zero-order chi connectivity index (χ0) is 30.7. The van der Waals surface area contributed by atoms with E-state index in [1.54, 1.807) is 32.1 Å². The fourth-order valence-corrected chi connectivity index (χ4v) is 6.47. The lowest BCUT2D eigenvalue weighted by Gasteiger charge is -2.26. The molecule has 10 heteroatoms. The molecule has 3 aromatic carbocycles. The van der Waals surface area contributed by atoms with E-state index in [0.717, 1.165) is 5.56 Å². The van der Waals surface area contributed by atoms with Gasteiger partial charge in [-0.25, -0.2) is 9.79 Å². The van der Waals surface area contributed by atoms with E-state index in [1.165, 1.54) is 15.9 Å². The minimum atomic E-state index is -0.816. The fraction of sp³-hybridized carbons (Fsp3) is 0.242. The molecule has 1 aliphatic heterocycles. The molecule has 0 amide bonds. The first-order valence-corrected chi connectivity index (χ1v) is 15.4. The second-order valence-corrected chi connectivity index (χ2v) is 11.9. The van der Waals surface area contributed by atoms with Gasteiger partial charge in [0.05, 0.1) is 33.5 Å². The first-order valence-electron chi connectivity index (χ1n) is 13.8. The van der Waals surface area contributed by atoms with Crippen LogP contribution in [-0.2, 0) is 16.1 Å². The van der Waals surface area contributed by atoms with Crippen LogP contribution in [0.2, 0.25) is 10.0 Å². The van der Waals surface area contributed by atoms with Crippen LogP contribution in [0.15, 0.2) is 87.8 Å². The van der Waals surface area contributed by atoms with Gasteiger partial charge >= 0.3 is 5.97 Å². The summed E-state index contributed by atoms with van der Waals surface area (Å²) in [5, 5.41) is 0.717. The van der Waals surface area contributed by atoms with Crippen LogP contribution < -0.4 is 24.4 Å². The van der Waals surface area contributed by atoms with Gasteiger partial charge in [-0.2, -0.15) is 0 Å². The van der Waals surface area contributed by atoms with Crippen molar-refractivity contribution in [2.45, 2.75) is 46.4 Å². The molecule has 1 aromatic heterocycles. The standard InChI is InChI=1S/C33H30Cl2N2O5S/c1-5-40-32(39)28-20(4)36-33-37(29(28)24-13-9-10-14-26(24)42-19(2)3)31(38)27(43-33)16-22-15-23(34)17-25(35)30(22)41-18-21-11-7-6-8-12-21/h6-17,19,29H,5,18H2,1-4H3/b27-16-/t29-/m1/s1. The van der Waals surface area contributed by atoms with Crippen LogP contribution in [-0.4, -0.2) is 23.2 Å². The third-order valence-corrected chi connectivity index (χ3v) is 8.12. The average molecular weight is 638 g/mol. The number of ether oxygens (including phenoxy) is 3. The van der Waals surface area contributed by atoms with Gasteiger partial charge < -0.3 is 14.2 Å². The molecule has 1 atom stereocenters. The first kappa shape index (κ1) is 30.6. The number of para-hydroxylation sites is 1. The van der Waals surface area contributed by atoms with Gasteiger partial charge in [-0.15, -0.1) is 0 Å². The number of thiazole rings is 1. The molecule has 0 saturated carbocycles. The van der Waals surface area contributed by atoms with Crippen molar-refractivity contribution >= 4 is 46.6 Å². The molecule has 0 unspecified atom stereocenters. The number of hydrogen-bond acceptors (Lipinski definition) is 7. The number of rotatable bonds is 9. The summed E-state index contributed by atoms with van der Waals surface area (Å²) in [6, 6.07) is 19.5. The number of benzene rings is 3. The van der Waals surface area contributed by atoms with E-state index in [4.69, 9.17) is 37.4 Å². The number of fused-ring (bicyclic) bond motifs is 1. The van der Waals surface area contributed by atoms with E-state index in [-0.39, 0.29) is 30.5 Å². The Morgan fingerprint density at radius 2 is 1.81 bits per heavy atom. The van der Waals surface area contributed by atoms with Gasteiger partial charge in [-0.1, -0.05) is 83.1 Å². The molecule has 4 aromatic rings. The molecule has 222 valence electrons. The average Bonchev–Trinajstić information content (AvgIpc) is 3.26. The van der Waals surface area contributed by atoms with Gasteiger partial charge in [0.1, 0.15) is 24.1 Å². The van der Waals surface area contributed by atoms with Gasteiger partial charge in [0.2, 0.25) is 0 Å². The van der Waals surface area contributed by atoms with Crippen LogP contribution in [0.25, 0.3) is 6.08 Å². The molecule has 43 heavy (non-hydrogen) atoms. The van der Waals surface area contributed by atoms with Crippen molar-refractivity contribution in [3.8, 4) is 11.5 Å². The lowest BCUT2D eigenvalue weighted by atomic mass is 9.95. The number of aromatic nitrogens is 1. The van der Waals surface area contributed by atoms with Crippen molar-refractivity contribution < 1.29 is 19.0 Å². The molecule has 0 spiro atoms. The van der Waals surface area contributed by atoms with E-state index in [2.05, 4.69) is 4.99 Å². The quantitative estimate of drug-likeness (QED) is 0.197. The lowest BCUT2D eigenvalue weighted by molar-refractivity contribution is -0.139. The van der Waals surface area contributed by atoms with Gasteiger partial charge in [0.25, 0.3) is 5.56 Å². The Hall–Kier alpha value is -3.85. The molecule has 0 N–H and O–H groups in total. The first-order chi connectivity index (χ1) is 20.7. The summed E-state index contributed by atoms with van der Waals surface area (Å²) in [6.45, 7) is 7.78. The molecule has 0 fully saturated rings. The third-order valence-electron chi connectivity index (χ3n) is 6.64. The molecule has 0 saturated heterocycles. The molecule has 5 rings (SSSR count). The molecule has 2 heterocycles. The van der Waals surface area contributed by atoms with Crippen molar-refractivity contribution in [1.29, 1.82) is 0 Å². The number of carbonyl (C=O) groups excluding carboxylic acids is 1. The van der Waals surface area contributed by atoms with Crippen molar-refractivity contribution in [3.05, 3.63) is 124 Å². The number of hydrogen-bond donors (Lipinski definition) is 0. The molecule has 1 aliphatic rings. The molecular formula is C33H30Cl2N2O5S. The smallest absolute Gasteiger partial charge is 0.338 e. The van der Waals surface area contributed by atoms with Crippen LogP contribution in [0.5, 0.6) is 11.5 Å². The Bertz CT molecular complexity index is 1880. The van der Waals surface area contributed by atoms with Crippen molar-refractivity contribution in [2.75, 3.05) is 6.61 Å². The topological polar surface area (TPSA) is 79.1 Å². The van der Waals surface area contributed by atoms with Crippen LogP contribution in [0.1, 0.15) is 50.4 Å². The number of halogens is 2. The normalized spacial score (nSPS) is 14.9. The predicted octanol–water partition coefficient (Wildman–Crippen LogP) is 6.47. The van der Waals surface area contributed by atoms with Crippen LogP contribution in [0.4, 0.5) is 0 Å². The third kappa shape index (κ3) is 6.56. The lowest BCUT2D eigenvalue weighted by Crippen LogP contribution is -2.40. The predicted molar refractivity (Wildman–Crippen MR) is 170 cm³/mol. The minimum absolute atomic E-state index is 0.130. The van der Waals surface area contributed by atoms with Crippen LogP contribution in [0, 0.1) is 0 Å². The highest BCUT2D eigenvalue weighted by Gasteiger charge is 2.35. The zero-order valence-corrected chi connectivity index (χ0v) is 26.4. The molecule has 0 radical (unpaired) electrons. The Morgan fingerprint density at radius 3 is 2.53 bits per heavy atom. The van der Waals surface area contributed by atoms with E-state index in [9.17, 15) is 9.59 Å². The summed E-state index contributed by atoms with van der Waals surface area (Å²) in [4.78, 5) is 32.6. The summed E-state index contributed by atoms with van der Waals surface area (Å²) in [5.74, 6) is 0.420. The fourth-order valence-electron chi connectivity index (χ4n) is 4.86. The van der Waals surface area contributed by atoms with Crippen LogP contribution >= 0.6 is 34.5 Å². The van der Waals surface area contributed by atoms with Gasteiger partial charge in [0.15, 0.2) is 4.80 Å². The van der Waals surface area contributed by atoms with Crippen molar-refractivity contribution in [2.24, 2.45) is 4.99 Å². The Kier molecular flexibility index (Phi) is 9.40. The van der Waals surface area contributed by atoms with E-state index < -0.39 is 12.0 Å². The molecule has 0 bridgehead atoms. The number of allylic oxidation sites excluding steroid dienone is 1. The maximum atomic E-state index is 14.2. The van der Waals surface area contributed by atoms with Crippen molar-refractivity contribution in [3.63, 3.8) is 0 Å².